The first-order chi connectivity index (χ1) is 15.0. The Morgan fingerprint density at radius 3 is 2.61 bits per heavy atom. The van der Waals surface area contributed by atoms with E-state index in [4.69, 9.17) is 4.74 Å². The topological polar surface area (TPSA) is 75.0 Å². The van der Waals surface area contributed by atoms with Crippen LogP contribution < -0.4 is 10.4 Å². The number of nitrogens with zero attached hydrogens (tertiary/aromatic N) is 3. The summed E-state index contributed by atoms with van der Waals surface area (Å²) in [5.74, 6) is -2.80. The molecule has 1 N–H and O–H groups in total. The number of hydrogen-bond acceptors (Lipinski definition) is 5. The van der Waals surface area contributed by atoms with Crippen LogP contribution in [0.3, 0.4) is 0 Å². The number of aromatic nitrogens is 1. The summed E-state index contributed by atoms with van der Waals surface area (Å²) in [7, 11) is 0. The highest BCUT2D eigenvalue weighted by molar-refractivity contribution is 5.96. The number of carbonyl (C=O) groups is 1. The van der Waals surface area contributed by atoms with Gasteiger partial charge in [-0.1, -0.05) is 18.9 Å². The number of morpholine rings is 1. The number of ether oxygens (including phenoxy) is 1. The minimum absolute atomic E-state index is 0.115. The van der Waals surface area contributed by atoms with Crippen molar-refractivity contribution < 1.29 is 23.4 Å². The second kappa shape index (κ2) is 7.64. The molecule has 1 aromatic heterocycles. The second-order valence-corrected chi connectivity index (χ2v) is 8.32. The Morgan fingerprint density at radius 2 is 1.87 bits per heavy atom. The van der Waals surface area contributed by atoms with E-state index in [1.807, 2.05) is 5.01 Å². The predicted octanol–water partition coefficient (Wildman–Crippen LogP) is 2.51. The van der Waals surface area contributed by atoms with Gasteiger partial charge in [0, 0.05) is 18.8 Å². The largest absolute Gasteiger partial charge is 0.502 e. The molecule has 5 rings (SSSR count). The van der Waals surface area contributed by atoms with Gasteiger partial charge >= 0.3 is 0 Å². The highest BCUT2D eigenvalue weighted by Crippen LogP contribution is 2.42. The second-order valence-electron chi connectivity index (χ2n) is 8.32. The minimum Gasteiger partial charge on any atom is -0.502 e. The molecule has 2 aromatic rings. The fourth-order valence-corrected chi connectivity index (χ4v) is 5.16. The van der Waals surface area contributed by atoms with Crippen LogP contribution in [-0.4, -0.2) is 46.5 Å². The van der Waals surface area contributed by atoms with Crippen molar-refractivity contribution in [2.24, 2.45) is 5.92 Å². The standard InChI is InChI=1S/C22H23F2N3O4/c23-15-6-5-14(11-16(15)24)19(13-3-1-2-4-13)27-18-12-31-10-9-25(18)22(30)20-21(29)17(28)7-8-26(20)27/h5-8,11,13,18-19,29H,1-4,9-10,12H2/t18-,19+/m1/s1. The van der Waals surface area contributed by atoms with Gasteiger partial charge in [-0.15, -0.1) is 0 Å². The normalized spacial score (nSPS) is 22.4. The Balaban J connectivity index is 1.72. The average molecular weight is 431 g/mol. The quantitative estimate of drug-likeness (QED) is 0.809. The third-order valence-electron chi connectivity index (χ3n) is 6.59. The summed E-state index contributed by atoms with van der Waals surface area (Å²) in [5, 5.41) is 12.4. The fraction of sp³-hybridized carbons (Fsp3) is 0.455. The van der Waals surface area contributed by atoms with Crippen molar-refractivity contribution in [1.29, 1.82) is 0 Å². The van der Waals surface area contributed by atoms with Crippen molar-refractivity contribution in [2.75, 3.05) is 24.8 Å². The molecule has 3 aliphatic rings. The summed E-state index contributed by atoms with van der Waals surface area (Å²) < 4.78 is 35.1. The van der Waals surface area contributed by atoms with Crippen molar-refractivity contribution >= 4 is 5.91 Å². The number of amides is 1. The first-order valence-corrected chi connectivity index (χ1v) is 10.5. The SMILES string of the molecule is O=C1c2c(O)c(=O)ccn2N([C@H](c2ccc(F)c(F)c2)C2CCCC2)[C@@H]2COCCN12. The van der Waals surface area contributed by atoms with E-state index < -0.39 is 40.9 Å². The molecule has 0 unspecified atom stereocenters. The van der Waals surface area contributed by atoms with Crippen molar-refractivity contribution in [3.05, 3.63) is 63.6 Å². The van der Waals surface area contributed by atoms with E-state index in [1.54, 1.807) is 11.0 Å². The van der Waals surface area contributed by atoms with Crippen LogP contribution in [-0.2, 0) is 4.74 Å². The number of pyridine rings is 1. The third-order valence-corrected chi connectivity index (χ3v) is 6.59. The van der Waals surface area contributed by atoms with Gasteiger partial charge < -0.3 is 14.7 Å². The van der Waals surface area contributed by atoms with Gasteiger partial charge in [-0.25, -0.2) is 8.78 Å². The number of carbonyl (C=O) groups excluding carboxylic acids is 1. The summed E-state index contributed by atoms with van der Waals surface area (Å²) in [5.41, 5.74) is -0.178. The number of aromatic hydroxyl groups is 1. The van der Waals surface area contributed by atoms with Crippen LogP contribution in [0.1, 0.15) is 47.8 Å². The van der Waals surface area contributed by atoms with E-state index in [0.29, 0.717) is 18.7 Å². The van der Waals surface area contributed by atoms with E-state index in [2.05, 4.69) is 0 Å². The molecule has 3 heterocycles. The molecule has 1 saturated heterocycles. The number of hydrogen-bond donors (Lipinski definition) is 1. The maximum atomic E-state index is 14.2. The first kappa shape index (κ1) is 20.0. The van der Waals surface area contributed by atoms with Crippen LogP contribution in [0.4, 0.5) is 8.78 Å². The van der Waals surface area contributed by atoms with Gasteiger partial charge in [-0.05, 0) is 36.5 Å². The first-order valence-electron chi connectivity index (χ1n) is 10.5. The van der Waals surface area contributed by atoms with Crippen molar-refractivity contribution in [2.45, 2.75) is 37.9 Å². The summed E-state index contributed by atoms with van der Waals surface area (Å²) in [6.45, 7) is 0.871. The van der Waals surface area contributed by atoms with Crippen molar-refractivity contribution in [1.82, 2.24) is 9.58 Å². The lowest BCUT2D eigenvalue weighted by Crippen LogP contribution is -2.66. The van der Waals surface area contributed by atoms with Crippen LogP contribution in [0.5, 0.6) is 5.75 Å². The fourth-order valence-electron chi connectivity index (χ4n) is 5.16. The van der Waals surface area contributed by atoms with Gasteiger partial charge in [-0.3, -0.25) is 19.3 Å². The molecule has 0 bridgehead atoms. The van der Waals surface area contributed by atoms with E-state index in [0.717, 1.165) is 31.7 Å². The molecule has 0 spiro atoms. The lowest BCUT2D eigenvalue weighted by atomic mass is 9.90. The smallest absolute Gasteiger partial charge is 0.278 e. The Morgan fingerprint density at radius 1 is 1.10 bits per heavy atom. The van der Waals surface area contributed by atoms with E-state index >= 15 is 0 Å². The van der Waals surface area contributed by atoms with Crippen LogP contribution >= 0.6 is 0 Å². The summed E-state index contributed by atoms with van der Waals surface area (Å²) in [6, 6.07) is 4.68. The average Bonchev–Trinajstić information content (AvgIpc) is 3.30. The zero-order valence-corrected chi connectivity index (χ0v) is 16.8. The molecule has 0 radical (unpaired) electrons. The maximum absolute atomic E-state index is 14.2. The number of halogens is 2. The Labute approximate surface area is 177 Å². The molecule has 1 aliphatic carbocycles. The van der Waals surface area contributed by atoms with Gasteiger partial charge in [0.05, 0.1) is 19.3 Å². The number of fused-ring (bicyclic) bond motifs is 2. The van der Waals surface area contributed by atoms with Crippen molar-refractivity contribution in [3.8, 4) is 5.75 Å². The van der Waals surface area contributed by atoms with Gasteiger partial charge in [0.25, 0.3) is 5.91 Å². The zero-order valence-electron chi connectivity index (χ0n) is 16.8. The van der Waals surface area contributed by atoms with Crippen LogP contribution in [0.15, 0.2) is 35.3 Å². The molecule has 1 aromatic carbocycles. The van der Waals surface area contributed by atoms with Crippen LogP contribution in [0.25, 0.3) is 0 Å². The molecule has 1 saturated carbocycles. The summed E-state index contributed by atoms with van der Waals surface area (Å²) in [4.78, 5) is 26.9. The molecule has 7 nitrogen and oxygen atoms in total. The lowest BCUT2D eigenvalue weighted by Gasteiger charge is -2.52. The van der Waals surface area contributed by atoms with Gasteiger partial charge in [0.15, 0.2) is 23.1 Å². The van der Waals surface area contributed by atoms with E-state index in [9.17, 15) is 23.5 Å². The number of rotatable bonds is 3. The Bertz CT molecular complexity index is 1080. The molecule has 31 heavy (non-hydrogen) atoms. The Hall–Kier alpha value is -2.94. The van der Waals surface area contributed by atoms with Crippen LogP contribution in [0, 0.1) is 17.6 Å². The highest BCUT2D eigenvalue weighted by Gasteiger charge is 2.46. The number of benzene rings is 1. The van der Waals surface area contributed by atoms with Crippen LogP contribution in [0.2, 0.25) is 0 Å². The molecule has 2 atom stereocenters. The van der Waals surface area contributed by atoms with Gasteiger partial charge in [0.1, 0.15) is 6.17 Å². The lowest BCUT2D eigenvalue weighted by molar-refractivity contribution is -0.0233. The molecule has 9 heteroatoms. The summed E-state index contributed by atoms with van der Waals surface area (Å²) >= 11 is 0. The molecule has 2 aliphatic heterocycles. The Kier molecular flexibility index (Phi) is 4.92. The van der Waals surface area contributed by atoms with Gasteiger partial charge in [0.2, 0.25) is 5.43 Å². The monoisotopic (exact) mass is 431 g/mol. The maximum Gasteiger partial charge on any atom is 0.278 e. The van der Waals surface area contributed by atoms with Crippen molar-refractivity contribution in [3.63, 3.8) is 0 Å². The van der Waals surface area contributed by atoms with E-state index in [1.165, 1.54) is 23.0 Å². The molecule has 2 fully saturated rings. The van der Waals surface area contributed by atoms with Gasteiger partial charge in [-0.2, -0.15) is 0 Å². The van der Waals surface area contributed by atoms with E-state index in [-0.39, 0.29) is 18.2 Å². The minimum atomic E-state index is -0.937. The molecule has 164 valence electrons. The molecular formula is C22H23F2N3O4. The predicted molar refractivity (Wildman–Crippen MR) is 107 cm³/mol. The molecular weight excluding hydrogens is 408 g/mol. The summed E-state index contributed by atoms with van der Waals surface area (Å²) in [6.07, 6.45) is 4.78. The zero-order chi connectivity index (χ0) is 21.7. The third kappa shape index (κ3) is 3.18. The highest BCUT2D eigenvalue weighted by atomic mass is 19.2. The molecule has 1 amide bonds.